The second kappa shape index (κ2) is 5.57. The van der Waals surface area contributed by atoms with Gasteiger partial charge in [0.15, 0.2) is 5.69 Å². The van der Waals surface area contributed by atoms with Crippen LogP contribution in [0.25, 0.3) is 5.69 Å². The number of carbonyl (C=O) groups is 2. The first kappa shape index (κ1) is 15.1. The number of anilines is 1. The number of aromatic carboxylic acids is 1. The Kier molecular flexibility index (Phi) is 3.81. The molecule has 7 nitrogen and oxygen atoms in total. The minimum absolute atomic E-state index is 0.0972. The highest BCUT2D eigenvalue weighted by Crippen LogP contribution is 2.28. The Hall–Kier alpha value is -3.34. The van der Waals surface area contributed by atoms with E-state index < -0.39 is 23.4 Å². The van der Waals surface area contributed by atoms with Gasteiger partial charge in [-0.2, -0.15) is 5.26 Å². The van der Waals surface area contributed by atoms with Crippen LogP contribution in [-0.4, -0.2) is 28.7 Å². The monoisotopic (exact) mass is 303 g/mol. The molecule has 0 aliphatic rings. The molecule has 1 aromatic heterocycles. The molecule has 2 rings (SSSR count). The quantitative estimate of drug-likeness (QED) is 0.830. The van der Waals surface area contributed by atoms with Crippen LogP contribution in [0.4, 0.5) is 10.1 Å². The third-order valence-electron chi connectivity index (χ3n) is 3.00. The number of ether oxygens (including phenoxy) is 1. The van der Waals surface area contributed by atoms with Crippen molar-refractivity contribution < 1.29 is 23.8 Å². The molecular formula is C14H10FN3O4. The summed E-state index contributed by atoms with van der Waals surface area (Å²) in [5.74, 6) is -3.20. The Morgan fingerprint density at radius 2 is 2.14 bits per heavy atom. The summed E-state index contributed by atoms with van der Waals surface area (Å²) in [5, 5.41) is 18.2. The number of carbonyl (C=O) groups excluding carboxylic acids is 1. The van der Waals surface area contributed by atoms with Gasteiger partial charge in [0.05, 0.1) is 29.6 Å². The van der Waals surface area contributed by atoms with Crippen molar-refractivity contribution in [2.75, 3.05) is 12.8 Å². The largest absolute Gasteiger partial charge is 0.478 e. The molecule has 0 aliphatic heterocycles. The van der Waals surface area contributed by atoms with E-state index in [1.807, 2.05) is 0 Å². The van der Waals surface area contributed by atoms with E-state index in [4.69, 9.17) is 11.0 Å². The van der Waals surface area contributed by atoms with E-state index >= 15 is 0 Å². The minimum atomic E-state index is -1.39. The molecule has 0 saturated carbocycles. The fourth-order valence-electron chi connectivity index (χ4n) is 2.02. The van der Waals surface area contributed by atoms with Crippen LogP contribution in [0.2, 0.25) is 0 Å². The van der Waals surface area contributed by atoms with Crippen molar-refractivity contribution in [2.45, 2.75) is 0 Å². The number of nitrogens with zero attached hydrogens (tertiary/aromatic N) is 2. The van der Waals surface area contributed by atoms with Crippen LogP contribution in [0.1, 0.15) is 26.4 Å². The Morgan fingerprint density at radius 3 is 2.68 bits per heavy atom. The normalized spacial score (nSPS) is 10.0. The van der Waals surface area contributed by atoms with Crippen molar-refractivity contribution in [1.29, 1.82) is 5.26 Å². The van der Waals surface area contributed by atoms with Gasteiger partial charge in [-0.15, -0.1) is 0 Å². The summed E-state index contributed by atoms with van der Waals surface area (Å²) < 4.78 is 19.6. The van der Waals surface area contributed by atoms with Crippen molar-refractivity contribution in [3.8, 4) is 11.8 Å². The number of benzene rings is 1. The number of carboxylic acids is 1. The van der Waals surface area contributed by atoms with Crippen molar-refractivity contribution in [3.63, 3.8) is 0 Å². The molecule has 1 heterocycles. The number of nitrogen functional groups attached to an aromatic ring is 1. The van der Waals surface area contributed by atoms with Gasteiger partial charge in [-0.25, -0.2) is 14.0 Å². The summed E-state index contributed by atoms with van der Waals surface area (Å²) >= 11 is 0. The Morgan fingerprint density at radius 1 is 1.45 bits per heavy atom. The molecule has 8 heteroatoms. The van der Waals surface area contributed by atoms with Gasteiger partial charge in [-0.1, -0.05) is 6.07 Å². The molecule has 112 valence electrons. The third-order valence-corrected chi connectivity index (χ3v) is 3.00. The molecule has 22 heavy (non-hydrogen) atoms. The number of hydrogen-bond donors (Lipinski definition) is 2. The fourth-order valence-corrected chi connectivity index (χ4v) is 2.02. The van der Waals surface area contributed by atoms with E-state index in [1.54, 1.807) is 6.07 Å². The average molecular weight is 303 g/mol. The van der Waals surface area contributed by atoms with Crippen LogP contribution >= 0.6 is 0 Å². The Balaban J connectivity index is 2.88. The molecule has 0 fully saturated rings. The Labute approximate surface area is 123 Å². The van der Waals surface area contributed by atoms with E-state index in [0.717, 1.165) is 23.9 Å². The highest BCUT2D eigenvalue weighted by molar-refractivity contribution is 5.98. The van der Waals surface area contributed by atoms with Crippen molar-refractivity contribution in [2.24, 2.45) is 0 Å². The van der Waals surface area contributed by atoms with Gasteiger partial charge in [0, 0.05) is 6.20 Å². The molecule has 0 bridgehead atoms. The van der Waals surface area contributed by atoms with E-state index in [2.05, 4.69) is 4.74 Å². The van der Waals surface area contributed by atoms with E-state index in [-0.39, 0.29) is 22.5 Å². The summed E-state index contributed by atoms with van der Waals surface area (Å²) in [7, 11) is 1.09. The molecule has 1 aromatic carbocycles. The predicted octanol–water partition coefficient (Wildman–Crippen LogP) is 1.56. The molecule has 0 aliphatic carbocycles. The second-order valence-corrected chi connectivity index (χ2v) is 4.22. The van der Waals surface area contributed by atoms with Gasteiger partial charge < -0.3 is 20.1 Å². The number of nitrogens with two attached hydrogens (primary N) is 1. The van der Waals surface area contributed by atoms with E-state index in [9.17, 15) is 19.1 Å². The number of rotatable bonds is 3. The molecule has 0 amide bonds. The summed E-state index contributed by atoms with van der Waals surface area (Å²) in [6.07, 6.45) is 1.09. The standard InChI is InChI=1S/C14H10FN3O4/c1-22-14(21)12-10(17)7(5-16)6-18(12)11-8(13(19)20)3-2-4-9(11)15/h2-4,6H,17H2,1H3,(H,19,20). The van der Waals surface area contributed by atoms with Crippen LogP contribution in [0.15, 0.2) is 24.4 Å². The zero-order valence-corrected chi connectivity index (χ0v) is 11.3. The molecule has 2 aromatic rings. The van der Waals surface area contributed by atoms with Crippen LogP contribution in [0.5, 0.6) is 0 Å². The number of halogens is 1. The lowest BCUT2D eigenvalue weighted by Gasteiger charge is -2.12. The number of carboxylic acid groups (broad SMARTS) is 1. The number of nitriles is 1. The van der Waals surface area contributed by atoms with Crippen LogP contribution in [0, 0.1) is 17.1 Å². The molecule has 0 saturated heterocycles. The zero-order valence-electron chi connectivity index (χ0n) is 11.3. The van der Waals surface area contributed by atoms with Crippen LogP contribution < -0.4 is 5.73 Å². The summed E-state index contributed by atoms with van der Waals surface area (Å²) in [6.45, 7) is 0. The SMILES string of the molecule is COC(=O)c1c(N)c(C#N)cn1-c1c(F)cccc1C(=O)O. The van der Waals surface area contributed by atoms with Gasteiger partial charge in [0.2, 0.25) is 0 Å². The first-order chi connectivity index (χ1) is 10.4. The van der Waals surface area contributed by atoms with Crippen LogP contribution in [-0.2, 0) is 4.74 Å². The maximum absolute atomic E-state index is 14.1. The molecular weight excluding hydrogens is 293 g/mol. The lowest BCUT2D eigenvalue weighted by atomic mass is 10.1. The number of esters is 1. The van der Waals surface area contributed by atoms with Gasteiger partial charge in [-0.05, 0) is 12.1 Å². The summed E-state index contributed by atoms with van der Waals surface area (Å²) in [6, 6.07) is 5.17. The zero-order chi connectivity index (χ0) is 16.4. The average Bonchev–Trinajstić information content (AvgIpc) is 2.82. The maximum Gasteiger partial charge on any atom is 0.357 e. The number of para-hydroxylation sites is 1. The van der Waals surface area contributed by atoms with Gasteiger partial charge >= 0.3 is 11.9 Å². The van der Waals surface area contributed by atoms with Gasteiger partial charge in [-0.3, -0.25) is 0 Å². The molecule has 0 unspecified atom stereocenters. The van der Waals surface area contributed by atoms with Crippen molar-refractivity contribution in [3.05, 3.63) is 47.0 Å². The number of aromatic nitrogens is 1. The smallest absolute Gasteiger partial charge is 0.357 e. The topological polar surface area (TPSA) is 118 Å². The molecule has 0 spiro atoms. The number of hydrogen-bond acceptors (Lipinski definition) is 5. The highest BCUT2D eigenvalue weighted by atomic mass is 19.1. The maximum atomic E-state index is 14.1. The summed E-state index contributed by atoms with van der Waals surface area (Å²) in [5.41, 5.74) is 4.28. The van der Waals surface area contributed by atoms with Crippen molar-refractivity contribution >= 4 is 17.6 Å². The second-order valence-electron chi connectivity index (χ2n) is 4.22. The minimum Gasteiger partial charge on any atom is -0.478 e. The predicted molar refractivity (Wildman–Crippen MR) is 73.2 cm³/mol. The fraction of sp³-hybridized carbons (Fsp3) is 0.0714. The lowest BCUT2D eigenvalue weighted by molar-refractivity contribution is 0.0590. The first-order valence-electron chi connectivity index (χ1n) is 5.93. The van der Waals surface area contributed by atoms with Gasteiger partial charge in [0.1, 0.15) is 11.9 Å². The van der Waals surface area contributed by atoms with Gasteiger partial charge in [0.25, 0.3) is 0 Å². The molecule has 0 atom stereocenters. The van der Waals surface area contributed by atoms with E-state index in [0.29, 0.717) is 0 Å². The third kappa shape index (κ3) is 2.25. The van der Waals surface area contributed by atoms with E-state index in [1.165, 1.54) is 12.1 Å². The molecule has 3 N–H and O–H groups in total. The number of methoxy groups -OCH3 is 1. The van der Waals surface area contributed by atoms with Crippen molar-refractivity contribution in [1.82, 2.24) is 4.57 Å². The Bertz CT molecular complexity index is 820. The highest BCUT2D eigenvalue weighted by Gasteiger charge is 2.26. The summed E-state index contributed by atoms with van der Waals surface area (Å²) in [4.78, 5) is 23.1. The molecule has 0 radical (unpaired) electrons. The van der Waals surface area contributed by atoms with Crippen LogP contribution in [0.3, 0.4) is 0 Å². The first-order valence-corrected chi connectivity index (χ1v) is 5.93. The lowest BCUT2D eigenvalue weighted by Crippen LogP contribution is -2.15.